The molecule has 0 saturated heterocycles. The molecule has 0 fully saturated rings. The Morgan fingerprint density at radius 2 is 1.60 bits per heavy atom. The molecule has 0 aliphatic heterocycles. The highest BCUT2D eigenvalue weighted by Crippen LogP contribution is 2.13. The van der Waals surface area contributed by atoms with Crippen LogP contribution in [-0.4, -0.2) is 36.9 Å². The highest BCUT2D eigenvalue weighted by Gasteiger charge is 2.13. The lowest BCUT2D eigenvalue weighted by Gasteiger charge is -2.19. The average molecular weight is 360 g/mol. The van der Waals surface area contributed by atoms with Crippen LogP contribution >= 0.6 is 11.6 Å². The van der Waals surface area contributed by atoms with Crippen LogP contribution < -0.4 is 10.6 Å². The number of hydrogen-bond donors (Lipinski definition) is 2. The Morgan fingerprint density at radius 1 is 1.00 bits per heavy atom. The van der Waals surface area contributed by atoms with Crippen molar-refractivity contribution in [1.82, 2.24) is 10.2 Å². The number of nitrogens with zero attached hydrogens (tertiary/aromatic N) is 1. The summed E-state index contributed by atoms with van der Waals surface area (Å²) in [6.07, 6.45) is 0. The first kappa shape index (κ1) is 19.0. The van der Waals surface area contributed by atoms with Gasteiger partial charge in [0.25, 0.3) is 0 Å². The Morgan fingerprint density at radius 3 is 2.24 bits per heavy atom. The molecule has 2 aromatic carbocycles. The van der Waals surface area contributed by atoms with Gasteiger partial charge in [-0.2, -0.15) is 0 Å². The number of likely N-dealkylation sites (N-methyl/N-ethyl adjacent to an activating group) is 1. The van der Waals surface area contributed by atoms with Crippen molar-refractivity contribution >= 4 is 29.1 Å². The van der Waals surface area contributed by atoms with Crippen LogP contribution in [0.5, 0.6) is 0 Å². The smallest absolute Gasteiger partial charge is 0.238 e. The lowest BCUT2D eigenvalue weighted by atomic mass is 10.1. The SMILES string of the molecule is CC(NC(=O)CN(C)CC(=O)Nc1ccc(Cl)cc1)c1ccccc1. The fraction of sp³-hybridized carbons (Fsp3) is 0.263. The molecule has 2 N–H and O–H groups in total. The minimum atomic E-state index is -0.186. The number of carbonyl (C=O) groups is 2. The molecule has 1 unspecified atom stereocenters. The number of nitrogens with one attached hydrogen (secondary N) is 2. The molecule has 132 valence electrons. The van der Waals surface area contributed by atoms with E-state index in [0.29, 0.717) is 10.7 Å². The Bertz CT molecular complexity index is 704. The molecule has 0 saturated carbocycles. The van der Waals surface area contributed by atoms with Crippen molar-refractivity contribution in [3.63, 3.8) is 0 Å². The third-order valence-corrected chi connectivity index (χ3v) is 3.88. The lowest BCUT2D eigenvalue weighted by molar-refractivity contribution is -0.123. The van der Waals surface area contributed by atoms with Crippen LogP contribution in [0.1, 0.15) is 18.5 Å². The maximum atomic E-state index is 12.1. The maximum Gasteiger partial charge on any atom is 0.238 e. The van der Waals surface area contributed by atoms with Gasteiger partial charge in [0.2, 0.25) is 11.8 Å². The van der Waals surface area contributed by atoms with Gasteiger partial charge in [-0.05, 0) is 43.8 Å². The quantitative estimate of drug-likeness (QED) is 0.798. The van der Waals surface area contributed by atoms with Gasteiger partial charge in [-0.25, -0.2) is 0 Å². The Hall–Kier alpha value is -2.37. The van der Waals surface area contributed by atoms with E-state index in [1.807, 2.05) is 37.3 Å². The van der Waals surface area contributed by atoms with Gasteiger partial charge >= 0.3 is 0 Å². The number of amides is 2. The largest absolute Gasteiger partial charge is 0.348 e. The normalized spacial score (nSPS) is 11.8. The van der Waals surface area contributed by atoms with Crippen molar-refractivity contribution in [2.75, 3.05) is 25.5 Å². The summed E-state index contributed by atoms with van der Waals surface area (Å²) in [5.41, 5.74) is 1.71. The number of hydrogen-bond acceptors (Lipinski definition) is 3. The van der Waals surface area contributed by atoms with Crippen LogP contribution in [0.3, 0.4) is 0 Å². The summed E-state index contributed by atoms with van der Waals surface area (Å²) in [5.74, 6) is -0.313. The molecule has 2 aromatic rings. The Balaban J connectivity index is 1.76. The van der Waals surface area contributed by atoms with E-state index in [1.54, 1.807) is 36.2 Å². The fourth-order valence-corrected chi connectivity index (χ4v) is 2.52. The van der Waals surface area contributed by atoms with E-state index >= 15 is 0 Å². The summed E-state index contributed by atoms with van der Waals surface area (Å²) in [7, 11) is 1.73. The predicted molar refractivity (Wildman–Crippen MR) is 101 cm³/mol. The molecule has 0 aromatic heterocycles. The van der Waals surface area contributed by atoms with Gasteiger partial charge in [0, 0.05) is 10.7 Å². The number of anilines is 1. The fourth-order valence-electron chi connectivity index (χ4n) is 2.39. The van der Waals surface area contributed by atoms with Crippen LogP contribution in [0.4, 0.5) is 5.69 Å². The third-order valence-electron chi connectivity index (χ3n) is 3.63. The molecule has 6 heteroatoms. The minimum absolute atomic E-state index is 0.0787. The van der Waals surface area contributed by atoms with Crippen molar-refractivity contribution in [3.8, 4) is 0 Å². The number of carbonyl (C=O) groups excluding carboxylic acids is 2. The standard InChI is InChI=1S/C19H22ClN3O2/c1-14(15-6-4-3-5-7-15)21-18(24)12-23(2)13-19(25)22-17-10-8-16(20)9-11-17/h3-11,14H,12-13H2,1-2H3,(H,21,24)(H,22,25). The van der Waals surface area contributed by atoms with E-state index in [0.717, 1.165) is 5.56 Å². The second-order valence-electron chi connectivity index (χ2n) is 5.93. The second kappa shape index (κ2) is 9.20. The number of benzene rings is 2. The predicted octanol–water partition coefficient (Wildman–Crippen LogP) is 3.09. The van der Waals surface area contributed by atoms with Crippen LogP contribution in [0.2, 0.25) is 5.02 Å². The van der Waals surface area contributed by atoms with Crippen LogP contribution in [0.15, 0.2) is 54.6 Å². The van der Waals surface area contributed by atoms with Crippen molar-refractivity contribution in [1.29, 1.82) is 0 Å². The zero-order valence-electron chi connectivity index (χ0n) is 14.3. The maximum absolute atomic E-state index is 12.1. The summed E-state index contributed by atoms with van der Waals surface area (Å²) >= 11 is 5.81. The van der Waals surface area contributed by atoms with Crippen molar-refractivity contribution in [2.24, 2.45) is 0 Å². The average Bonchev–Trinajstić information content (AvgIpc) is 2.57. The summed E-state index contributed by atoms with van der Waals surface area (Å²) in [4.78, 5) is 25.8. The van der Waals surface area contributed by atoms with Gasteiger partial charge in [-0.15, -0.1) is 0 Å². The molecule has 0 bridgehead atoms. The zero-order chi connectivity index (χ0) is 18.2. The highest BCUT2D eigenvalue weighted by atomic mass is 35.5. The summed E-state index contributed by atoms with van der Waals surface area (Å²) in [6, 6.07) is 16.5. The van der Waals surface area contributed by atoms with E-state index in [1.165, 1.54) is 0 Å². The molecule has 0 heterocycles. The zero-order valence-corrected chi connectivity index (χ0v) is 15.1. The molecule has 0 spiro atoms. The molecule has 25 heavy (non-hydrogen) atoms. The van der Waals surface area contributed by atoms with E-state index in [9.17, 15) is 9.59 Å². The van der Waals surface area contributed by atoms with Gasteiger partial charge in [-0.3, -0.25) is 14.5 Å². The molecule has 0 aliphatic rings. The highest BCUT2D eigenvalue weighted by molar-refractivity contribution is 6.30. The first-order valence-corrected chi connectivity index (χ1v) is 8.40. The Labute approximate surface area is 153 Å². The van der Waals surface area contributed by atoms with Crippen LogP contribution in [-0.2, 0) is 9.59 Å². The van der Waals surface area contributed by atoms with Gasteiger partial charge in [0.1, 0.15) is 0 Å². The van der Waals surface area contributed by atoms with E-state index in [4.69, 9.17) is 11.6 Å². The molecular weight excluding hydrogens is 338 g/mol. The van der Waals surface area contributed by atoms with Crippen molar-refractivity contribution in [2.45, 2.75) is 13.0 Å². The summed E-state index contributed by atoms with van der Waals surface area (Å²) in [5, 5.41) is 6.31. The second-order valence-corrected chi connectivity index (χ2v) is 6.36. The molecule has 0 aliphatic carbocycles. The number of rotatable bonds is 7. The van der Waals surface area contributed by atoms with E-state index < -0.39 is 0 Å². The lowest BCUT2D eigenvalue weighted by Crippen LogP contribution is -2.39. The topological polar surface area (TPSA) is 61.4 Å². The van der Waals surface area contributed by atoms with Gasteiger partial charge < -0.3 is 10.6 Å². The first-order valence-electron chi connectivity index (χ1n) is 8.02. The van der Waals surface area contributed by atoms with Crippen LogP contribution in [0.25, 0.3) is 0 Å². The first-order chi connectivity index (χ1) is 11.9. The van der Waals surface area contributed by atoms with Crippen molar-refractivity contribution in [3.05, 3.63) is 65.2 Å². The Kier molecular flexibility index (Phi) is 6.98. The van der Waals surface area contributed by atoms with Gasteiger partial charge in [0.05, 0.1) is 19.1 Å². The minimum Gasteiger partial charge on any atom is -0.348 e. The molecule has 1 atom stereocenters. The summed E-state index contributed by atoms with van der Waals surface area (Å²) in [6.45, 7) is 2.20. The van der Waals surface area contributed by atoms with Crippen LogP contribution in [0, 0.1) is 0 Å². The molecule has 0 radical (unpaired) electrons. The molecule has 2 amide bonds. The monoisotopic (exact) mass is 359 g/mol. The van der Waals surface area contributed by atoms with Gasteiger partial charge in [-0.1, -0.05) is 41.9 Å². The third kappa shape index (κ3) is 6.57. The molecular formula is C19H22ClN3O2. The van der Waals surface area contributed by atoms with E-state index in [2.05, 4.69) is 10.6 Å². The van der Waals surface area contributed by atoms with Gasteiger partial charge in [0.15, 0.2) is 0 Å². The molecule has 5 nitrogen and oxygen atoms in total. The van der Waals surface area contributed by atoms with Crippen molar-refractivity contribution < 1.29 is 9.59 Å². The van der Waals surface area contributed by atoms with E-state index in [-0.39, 0.29) is 30.9 Å². The number of halogens is 1. The summed E-state index contributed by atoms with van der Waals surface area (Å²) < 4.78 is 0. The molecule has 2 rings (SSSR count).